The fourth-order valence-corrected chi connectivity index (χ4v) is 12.0. The molecule has 0 aromatic carbocycles. The smallest absolute Gasteiger partial charge is 0.305 e. The lowest BCUT2D eigenvalue weighted by atomic mass is 10.0. The molecule has 6 heteroatoms. The third kappa shape index (κ3) is 70.8. The predicted molar refractivity (Wildman–Crippen MR) is 375 cm³/mol. The molecule has 3 N–H and O–H groups in total. The number of amides is 1. The van der Waals surface area contributed by atoms with E-state index in [0.717, 1.165) is 57.8 Å². The largest absolute Gasteiger partial charge is 0.466 e. The maximum Gasteiger partial charge on any atom is 0.305 e. The number of esters is 1. The van der Waals surface area contributed by atoms with Crippen LogP contribution in [0, 0.1) is 0 Å². The number of nitrogens with one attached hydrogen (secondary N) is 1. The van der Waals surface area contributed by atoms with Gasteiger partial charge in [0.1, 0.15) is 0 Å². The summed E-state index contributed by atoms with van der Waals surface area (Å²) in [6.07, 6.45) is 97.7. The Hall–Kier alpha value is -2.18. The van der Waals surface area contributed by atoms with Gasteiger partial charge in [-0.15, -0.1) is 0 Å². The second kappa shape index (κ2) is 74.3. The van der Waals surface area contributed by atoms with Gasteiger partial charge in [0, 0.05) is 12.8 Å². The molecule has 2 atom stereocenters. The van der Waals surface area contributed by atoms with E-state index < -0.39 is 12.1 Å². The number of carbonyl (C=O) groups excluding carboxylic acids is 2. The molecule has 0 spiro atoms. The number of aliphatic hydroxyl groups is 2. The first kappa shape index (κ1) is 82.8. The summed E-state index contributed by atoms with van der Waals surface area (Å²) in [5.41, 5.74) is 0. The van der Waals surface area contributed by atoms with Gasteiger partial charge >= 0.3 is 5.97 Å². The van der Waals surface area contributed by atoms with E-state index >= 15 is 0 Å². The highest BCUT2D eigenvalue weighted by molar-refractivity contribution is 5.76. The van der Waals surface area contributed by atoms with Gasteiger partial charge in [-0.05, 0) is 89.9 Å². The van der Waals surface area contributed by atoms with Crippen molar-refractivity contribution < 1.29 is 24.5 Å². The number of hydrogen-bond acceptors (Lipinski definition) is 5. The fraction of sp³-hybridized carbons (Fsp3) is 0.873. The van der Waals surface area contributed by atoms with E-state index in [1.54, 1.807) is 0 Å². The van der Waals surface area contributed by atoms with Crippen LogP contribution in [0.25, 0.3) is 0 Å². The molecule has 0 radical (unpaired) electrons. The Bertz CT molecular complexity index is 1420. The molecule has 0 aromatic rings. The van der Waals surface area contributed by atoms with Crippen LogP contribution < -0.4 is 5.32 Å². The highest BCUT2D eigenvalue weighted by Crippen LogP contribution is 2.19. The predicted octanol–water partition coefficient (Wildman–Crippen LogP) is 25.2. The molecule has 500 valence electrons. The van der Waals surface area contributed by atoms with Crippen LogP contribution in [0.4, 0.5) is 0 Å². The van der Waals surface area contributed by atoms with Crippen LogP contribution in [-0.2, 0) is 14.3 Å². The van der Waals surface area contributed by atoms with Crippen LogP contribution in [0.2, 0.25) is 0 Å². The number of carbonyl (C=O) groups is 2. The number of unbranched alkanes of at least 4 members (excludes halogenated alkanes) is 53. The summed E-state index contributed by atoms with van der Waals surface area (Å²) in [6.45, 7) is 4.95. The summed E-state index contributed by atoms with van der Waals surface area (Å²) in [7, 11) is 0. The molecule has 6 nitrogen and oxygen atoms in total. The minimum absolute atomic E-state index is 0.0113. The van der Waals surface area contributed by atoms with Crippen LogP contribution in [0.3, 0.4) is 0 Å². The summed E-state index contributed by atoms with van der Waals surface area (Å²) < 4.78 is 5.50. The van der Waals surface area contributed by atoms with Gasteiger partial charge in [0.15, 0.2) is 0 Å². The maximum absolute atomic E-state index is 12.5. The van der Waals surface area contributed by atoms with Gasteiger partial charge < -0.3 is 20.3 Å². The van der Waals surface area contributed by atoms with E-state index in [1.807, 2.05) is 0 Å². The SMILES string of the molecule is CCCCC/C=C\C/C=C\CCCCCCCCCC(=O)OCCCCCCCCCCCCCCC/C=C\C/C=C\CCCCCCCCCCCCCCCCCCCC(=O)NC(CO)C(O)CCCCCCCCCCCCCCCC. The second-order valence-electron chi connectivity index (χ2n) is 26.3. The molecule has 0 aliphatic heterocycles. The molecule has 0 heterocycles. The molecule has 0 saturated carbocycles. The number of ether oxygens (including phenoxy) is 1. The Kier molecular flexibility index (Phi) is 72.4. The number of rotatable bonds is 72. The lowest BCUT2D eigenvalue weighted by molar-refractivity contribution is -0.143. The summed E-state index contributed by atoms with van der Waals surface area (Å²) in [6, 6.07) is -0.539. The summed E-state index contributed by atoms with van der Waals surface area (Å²) in [5, 5.41) is 23.3. The molecule has 1 amide bonds. The van der Waals surface area contributed by atoms with Gasteiger partial charge in [0.25, 0.3) is 0 Å². The van der Waals surface area contributed by atoms with Crippen LogP contribution in [-0.4, -0.2) is 47.4 Å². The summed E-state index contributed by atoms with van der Waals surface area (Å²) >= 11 is 0. The molecule has 85 heavy (non-hydrogen) atoms. The minimum Gasteiger partial charge on any atom is -0.466 e. The van der Waals surface area contributed by atoms with Crippen LogP contribution >= 0.6 is 0 Å². The van der Waals surface area contributed by atoms with Crippen molar-refractivity contribution >= 4 is 11.9 Å². The van der Waals surface area contributed by atoms with E-state index in [-0.39, 0.29) is 18.5 Å². The van der Waals surface area contributed by atoms with Gasteiger partial charge in [0.2, 0.25) is 5.91 Å². The molecule has 0 saturated heterocycles. The summed E-state index contributed by atoms with van der Waals surface area (Å²) in [5.74, 6) is -0.0187. The van der Waals surface area contributed by atoms with Crippen molar-refractivity contribution in [2.45, 2.75) is 431 Å². The standard InChI is InChI=1S/C79H149NO5/c1-3-5-7-9-11-13-15-17-19-41-45-49-53-57-61-65-69-73-79(84)85-74-70-66-62-58-54-50-46-43-40-38-36-34-32-30-28-26-24-22-20-21-23-25-27-29-31-33-35-37-39-42-44-48-52-56-60-64-68-72-78(83)80-76(75-81)77(82)71-67-63-59-55-51-47-18-16-14-12-10-8-6-4-2/h11,13,17,19-20,22,26,28,76-77,81-82H,3-10,12,14-16,18,21,23-25,27,29-75H2,1-2H3,(H,80,83)/b13-11-,19-17-,22-20-,28-26-. The quantitative estimate of drug-likeness (QED) is 0.0320. The normalized spacial score (nSPS) is 12.8. The third-order valence-corrected chi connectivity index (χ3v) is 17.9. The van der Waals surface area contributed by atoms with E-state index in [0.29, 0.717) is 25.9 Å². The molecule has 0 aromatic heterocycles. The van der Waals surface area contributed by atoms with Gasteiger partial charge in [0.05, 0.1) is 25.4 Å². The Labute approximate surface area is 531 Å². The Balaban J connectivity index is 3.35. The van der Waals surface area contributed by atoms with Crippen molar-refractivity contribution in [3.63, 3.8) is 0 Å². The average Bonchev–Trinajstić information content (AvgIpc) is 3.52. The van der Waals surface area contributed by atoms with Crippen LogP contribution in [0.5, 0.6) is 0 Å². The van der Waals surface area contributed by atoms with Crippen molar-refractivity contribution in [1.29, 1.82) is 0 Å². The second-order valence-corrected chi connectivity index (χ2v) is 26.3. The first-order valence-corrected chi connectivity index (χ1v) is 38.4. The Morgan fingerprint density at radius 3 is 0.918 bits per heavy atom. The first-order chi connectivity index (χ1) is 42.0. The molecule has 0 bridgehead atoms. The van der Waals surface area contributed by atoms with Crippen molar-refractivity contribution in [1.82, 2.24) is 5.32 Å². The van der Waals surface area contributed by atoms with E-state index in [4.69, 9.17) is 4.74 Å². The lowest BCUT2D eigenvalue weighted by Crippen LogP contribution is -2.45. The molecule has 2 unspecified atom stereocenters. The zero-order valence-electron chi connectivity index (χ0n) is 57.4. The topological polar surface area (TPSA) is 95.9 Å². The molecule has 0 aliphatic rings. The van der Waals surface area contributed by atoms with Gasteiger partial charge in [-0.1, -0.05) is 364 Å². The van der Waals surface area contributed by atoms with Crippen molar-refractivity contribution in [2.75, 3.05) is 13.2 Å². The Morgan fingerprint density at radius 1 is 0.329 bits per heavy atom. The zero-order valence-corrected chi connectivity index (χ0v) is 57.4. The molecular weight excluding hydrogens is 1040 g/mol. The van der Waals surface area contributed by atoms with Gasteiger partial charge in [-0.3, -0.25) is 9.59 Å². The van der Waals surface area contributed by atoms with Crippen molar-refractivity contribution in [2.24, 2.45) is 0 Å². The molecule has 0 fully saturated rings. The first-order valence-electron chi connectivity index (χ1n) is 38.4. The maximum atomic E-state index is 12.5. The number of allylic oxidation sites excluding steroid dienone is 8. The zero-order chi connectivity index (χ0) is 61.3. The van der Waals surface area contributed by atoms with Gasteiger partial charge in [-0.2, -0.15) is 0 Å². The number of aliphatic hydroxyl groups excluding tert-OH is 2. The lowest BCUT2D eigenvalue weighted by Gasteiger charge is -2.22. The van der Waals surface area contributed by atoms with Gasteiger partial charge in [-0.25, -0.2) is 0 Å². The van der Waals surface area contributed by atoms with Crippen molar-refractivity contribution in [3.8, 4) is 0 Å². The minimum atomic E-state index is -0.662. The average molecular weight is 1190 g/mol. The highest BCUT2D eigenvalue weighted by atomic mass is 16.5. The molecular formula is C79H149NO5. The molecule has 0 aliphatic carbocycles. The van der Waals surface area contributed by atoms with Crippen molar-refractivity contribution in [3.05, 3.63) is 48.6 Å². The van der Waals surface area contributed by atoms with Crippen LogP contribution in [0.15, 0.2) is 48.6 Å². The van der Waals surface area contributed by atoms with Crippen LogP contribution in [0.1, 0.15) is 418 Å². The molecule has 0 rings (SSSR count). The highest BCUT2D eigenvalue weighted by Gasteiger charge is 2.20. The summed E-state index contributed by atoms with van der Waals surface area (Å²) in [4.78, 5) is 24.6. The fourth-order valence-electron chi connectivity index (χ4n) is 12.0. The van der Waals surface area contributed by atoms with E-state index in [2.05, 4.69) is 67.8 Å². The monoisotopic (exact) mass is 1190 g/mol. The van der Waals surface area contributed by atoms with E-state index in [1.165, 1.54) is 327 Å². The third-order valence-electron chi connectivity index (χ3n) is 17.9. The Morgan fingerprint density at radius 2 is 0.588 bits per heavy atom. The number of hydrogen-bond donors (Lipinski definition) is 3. The van der Waals surface area contributed by atoms with E-state index in [9.17, 15) is 19.8 Å².